The molecular formula is C28H24ClIN2O5S. The molecule has 1 aliphatic heterocycles. The van der Waals surface area contributed by atoms with Gasteiger partial charge in [-0.15, -0.1) is 0 Å². The number of thioether (sulfide) groups is 1. The van der Waals surface area contributed by atoms with Crippen molar-refractivity contribution in [2.75, 3.05) is 13.2 Å². The number of hydrogen-bond donors (Lipinski definition) is 1. The number of ether oxygens (including phenoxy) is 2. The quantitative estimate of drug-likeness (QED) is 0.192. The van der Waals surface area contributed by atoms with E-state index in [1.165, 1.54) is 23.9 Å². The van der Waals surface area contributed by atoms with Gasteiger partial charge in [-0.3, -0.25) is 9.69 Å². The van der Waals surface area contributed by atoms with Crippen molar-refractivity contribution in [1.29, 1.82) is 0 Å². The number of likely N-dealkylation sites (N-methyl/N-ethyl adjacent to an activating group) is 1. The van der Waals surface area contributed by atoms with Crippen molar-refractivity contribution in [3.8, 4) is 11.5 Å². The van der Waals surface area contributed by atoms with Crippen molar-refractivity contribution >= 4 is 74.8 Å². The Morgan fingerprint density at radius 3 is 2.45 bits per heavy atom. The summed E-state index contributed by atoms with van der Waals surface area (Å²) < 4.78 is 12.8. The third kappa shape index (κ3) is 6.69. The number of carboxylic acids is 1. The molecule has 38 heavy (non-hydrogen) atoms. The summed E-state index contributed by atoms with van der Waals surface area (Å²) in [6.07, 6.45) is 1.82. The minimum Gasteiger partial charge on any atom is -0.490 e. The predicted octanol–water partition coefficient (Wildman–Crippen LogP) is 7.24. The third-order valence-corrected chi connectivity index (χ3v) is 7.53. The van der Waals surface area contributed by atoms with Gasteiger partial charge in [0.05, 0.1) is 26.3 Å². The van der Waals surface area contributed by atoms with Gasteiger partial charge < -0.3 is 14.6 Å². The number of aliphatic imine (C=N–C) groups is 1. The van der Waals surface area contributed by atoms with Crippen LogP contribution in [-0.2, 0) is 11.4 Å². The van der Waals surface area contributed by atoms with Gasteiger partial charge in [0.2, 0.25) is 0 Å². The molecule has 0 spiro atoms. The third-order valence-electron chi connectivity index (χ3n) is 5.47. The fourth-order valence-electron chi connectivity index (χ4n) is 3.62. The molecule has 1 N–H and O–H groups in total. The Balaban J connectivity index is 1.59. The number of carboxylic acid groups (broad SMARTS) is 1. The summed E-state index contributed by atoms with van der Waals surface area (Å²) in [6.45, 7) is 5.06. The zero-order valence-corrected chi connectivity index (χ0v) is 24.3. The van der Waals surface area contributed by atoms with Gasteiger partial charge in [0.25, 0.3) is 5.91 Å². The molecule has 1 fully saturated rings. The average molecular weight is 663 g/mol. The first-order valence-electron chi connectivity index (χ1n) is 11.8. The number of aromatic carboxylic acids is 1. The van der Waals surface area contributed by atoms with Gasteiger partial charge in [-0.05, 0) is 114 Å². The van der Waals surface area contributed by atoms with Gasteiger partial charge in [0, 0.05) is 11.6 Å². The van der Waals surface area contributed by atoms with Gasteiger partial charge >= 0.3 is 5.97 Å². The molecule has 4 rings (SSSR count). The Hall–Kier alpha value is -3.02. The molecule has 0 atom stereocenters. The zero-order valence-electron chi connectivity index (χ0n) is 20.6. The van der Waals surface area contributed by atoms with Gasteiger partial charge in [0.1, 0.15) is 6.61 Å². The lowest BCUT2D eigenvalue weighted by molar-refractivity contribution is -0.122. The molecule has 10 heteroatoms. The van der Waals surface area contributed by atoms with Crippen LogP contribution in [0.2, 0.25) is 5.02 Å². The van der Waals surface area contributed by atoms with Crippen LogP contribution in [0.3, 0.4) is 0 Å². The van der Waals surface area contributed by atoms with Crippen molar-refractivity contribution in [3.05, 3.63) is 90.9 Å². The number of nitrogens with zero attached hydrogens (tertiary/aromatic N) is 2. The molecule has 0 bridgehead atoms. The van der Waals surface area contributed by atoms with Gasteiger partial charge in [-0.1, -0.05) is 23.7 Å². The topological polar surface area (TPSA) is 88.4 Å². The van der Waals surface area contributed by atoms with Gasteiger partial charge in [-0.2, -0.15) is 0 Å². The van der Waals surface area contributed by atoms with E-state index in [4.69, 9.17) is 26.2 Å². The Morgan fingerprint density at radius 2 is 1.82 bits per heavy atom. The van der Waals surface area contributed by atoms with E-state index < -0.39 is 5.97 Å². The van der Waals surface area contributed by atoms with Crippen LogP contribution in [0.5, 0.6) is 11.5 Å². The van der Waals surface area contributed by atoms with Crippen LogP contribution in [0, 0.1) is 3.57 Å². The van der Waals surface area contributed by atoms with E-state index in [0.717, 1.165) is 14.7 Å². The first-order chi connectivity index (χ1) is 18.3. The second-order valence-electron chi connectivity index (χ2n) is 8.08. The van der Waals surface area contributed by atoms with Gasteiger partial charge in [0.15, 0.2) is 16.7 Å². The fraction of sp³-hybridized carbons (Fsp3) is 0.179. The van der Waals surface area contributed by atoms with Crippen molar-refractivity contribution in [3.63, 3.8) is 0 Å². The van der Waals surface area contributed by atoms with Gasteiger partial charge in [-0.25, -0.2) is 9.79 Å². The summed E-state index contributed by atoms with van der Waals surface area (Å²) in [5.41, 5.74) is 2.53. The predicted molar refractivity (Wildman–Crippen MR) is 160 cm³/mol. The first-order valence-corrected chi connectivity index (χ1v) is 14.0. The summed E-state index contributed by atoms with van der Waals surface area (Å²) in [6, 6.07) is 17.5. The Morgan fingerprint density at radius 1 is 1.11 bits per heavy atom. The highest BCUT2D eigenvalue weighted by Gasteiger charge is 2.32. The second kappa shape index (κ2) is 12.7. The van der Waals surface area contributed by atoms with E-state index >= 15 is 0 Å². The van der Waals surface area contributed by atoms with Crippen LogP contribution in [0.25, 0.3) is 6.08 Å². The number of halogens is 2. The number of benzene rings is 3. The summed E-state index contributed by atoms with van der Waals surface area (Å²) in [5, 5.41) is 10.3. The number of amidine groups is 1. The lowest BCUT2D eigenvalue weighted by atomic mass is 10.1. The Kier molecular flexibility index (Phi) is 9.35. The molecule has 0 radical (unpaired) electrons. The molecule has 1 heterocycles. The molecule has 0 unspecified atom stereocenters. The van der Waals surface area contributed by atoms with Crippen molar-refractivity contribution in [2.24, 2.45) is 4.99 Å². The molecule has 0 aromatic heterocycles. The first kappa shape index (κ1) is 28.0. The van der Waals surface area contributed by atoms with E-state index in [1.807, 2.05) is 56.3 Å². The van der Waals surface area contributed by atoms with Crippen LogP contribution >= 0.6 is 46.0 Å². The number of rotatable bonds is 9. The summed E-state index contributed by atoms with van der Waals surface area (Å²) in [5.74, 6) is 0.0829. The van der Waals surface area contributed by atoms with Crippen LogP contribution < -0.4 is 9.47 Å². The van der Waals surface area contributed by atoms with Crippen LogP contribution in [0.15, 0.2) is 70.6 Å². The van der Waals surface area contributed by atoms with Crippen LogP contribution in [0.1, 0.15) is 35.3 Å². The number of amides is 1. The molecule has 1 amide bonds. The van der Waals surface area contributed by atoms with Crippen LogP contribution in [-0.4, -0.2) is 40.2 Å². The van der Waals surface area contributed by atoms with E-state index in [-0.39, 0.29) is 11.5 Å². The largest absolute Gasteiger partial charge is 0.490 e. The lowest BCUT2D eigenvalue weighted by Crippen LogP contribution is -2.28. The van der Waals surface area contributed by atoms with Crippen molar-refractivity contribution in [2.45, 2.75) is 20.5 Å². The highest BCUT2D eigenvalue weighted by molar-refractivity contribution is 14.1. The molecule has 0 saturated carbocycles. The SMILES string of the molecule is CCOc1cc(/C=C2\SC(=Nc3ccc(C(=O)O)cc3)N(CC)C2=O)cc(I)c1OCc1ccc(Cl)cc1. The highest BCUT2D eigenvalue weighted by Crippen LogP contribution is 2.38. The number of carbonyl (C=O) groups is 2. The molecule has 7 nitrogen and oxygen atoms in total. The standard InChI is InChI=1S/C28H24ClIN2O5S/c1-3-32-26(33)24(38-28(32)31-21-11-7-19(8-12-21)27(34)35)15-18-13-22(30)25(23(14-18)36-4-2)37-16-17-5-9-20(29)10-6-17/h5-15H,3-4,16H2,1-2H3,(H,34,35)/b24-15-,31-28?. The fourth-order valence-corrected chi connectivity index (χ4v) is 5.59. The second-order valence-corrected chi connectivity index (χ2v) is 10.7. The lowest BCUT2D eigenvalue weighted by Gasteiger charge is -2.15. The number of hydrogen-bond acceptors (Lipinski definition) is 6. The normalized spacial score (nSPS) is 15.4. The van der Waals surface area contributed by atoms with Crippen molar-refractivity contribution in [1.82, 2.24) is 4.90 Å². The monoisotopic (exact) mass is 662 g/mol. The Bertz CT molecular complexity index is 1410. The molecule has 3 aromatic carbocycles. The van der Waals surface area contributed by atoms with E-state index in [0.29, 0.717) is 52.0 Å². The van der Waals surface area contributed by atoms with E-state index in [9.17, 15) is 9.59 Å². The molecule has 1 aliphatic rings. The minimum atomic E-state index is -1.00. The van der Waals surface area contributed by atoms with Crippen molar-refractivity contribution < 1.29 is 24.2 Å². The minimum absolute atomic E-state index is 0.144. The van der Waals surface area contributed by atoms with E-state index in [2.05, 4.69) is 27.6 Å². The average Bonchev–Trinajstić information content (AvgIpc) is 3.18. The summed E-state index contributed by atoms with van der Waals surface area (Å²) in [4.78, 5) is 31.0. The highest BCUT2D eigenvalue weighted by atomic mass is 127. The molecule has 0 aliphatic carbocycles. The van der Waals surface area contributed by atoms with E-state index in [1.54, 1.807) is 17.0 Å². The summed E-state index contributed by atoms with van der Waals surface area (Å²) in [7, 11) is 0. The zero-order chi connectivity index (χ0) is 27.2. The molecule has 196 valence electrons. The smallest absolute Gasteiger partial charge is 0.335 e. The molecule has 1 saturated heterocycles. The molecule has 3 aromatic rings. The summed E-state index contributed by atoms with van der Waals surface area (Å²) >= 11 is 9.46. The Labute approximate surface area is 243 Å². The maximum absolute atomic E-state index is 13.1. The van der Waals surface area contributed by atoms with Crippen LogP contribution in [0.4, 0.5) is 5.69 Å². The maximum Gasteiger partial charge on any atom is 0.335 e. The number of carbonyl (C=O) groups excluding carboxylic acids is 1. The molecular weight excluding hydrogens is 639 g/mol. The maximum atomic E-state index is 13.1.